The summed E-state index contributed by atoms with van der Waals surface area (Å²) >= 11 is 5.88. The van der Waals surface area contributed by atoms with Crippen molar-refractivity contribution in [3.8, 4) is 5.75 Å². The van der Waals surface area contributed by atoms with E-state index in [0.29, 0.717) is 38.5 Å². The first kappa shape index (κ1) is 20.2. The van der Waals surface area contributed by atoms with Gasteiger partial charge in [0.2, 0.25) is 5.50 Å². The number of ether oxygens (including phenoxy) is 1. The van der Waals surface area contributed by atoms with Gasteiger partial charge in [-0.15, -0.1) is 0 Å². The van der Waals surface area contributed by atoms with Crippen LogP contribution in [0.25, 0.3) is 17.0 Å². The molecule has 1 aromatic heterocycles. The normalized spacial score (nSPS) is 12.4. The lowest BCUT2D eigenvalue weighted by atomic mass is 10.1. The Labute approximate surface area is 165 Å². The summed E-state index contributed by atoms with van der Waals surface area (Å²) in [5, 5.41) is 10.8. The highest BCUT2D eigenvalue weighted by Gasteiger charge is 2.24. The van der Waals surface area contributed by atoms with Crippen molar-refractivity contribution in [2.75, 3.05) is 7.11 Å². The van der Waals surface area contributed by atoms with Crippen LogP contribution in [0.1, 0.15) is 21.6 Å². The standard InChI is InChI=1S/C19H17ClNO6P/c1-11-15(10-18(22)28(24,25)26)16-9-14(27-2)7-8-17(16)21(11)19(23)12-3-5-13(20)6-4-12/h3-10,22H,1-2H3,(H2,24,25,26)/b18-10+. The molecule has 0 unspecified atom stereocenters. The van der Waals surface area contributed by atoms with Crippen LogP contribution in [-0.4, -0.2) is 32.5 Å². The number of carbonyl (C=O) groups excluding carboxylic acids is 1. The van der Waals surface area contributed by atoms with Gasteiger partial charge in [-0.2, -0.15) is 0 Å². The Morgan fingerprint density at radius 1 is 1.18 bits per heavy atom. The molecule has 3 N–H and O–H groups in total. The highest BCUT2D eigenvalue weighted by atomic mass is 35.5. The number of aromatic nitrogens is 1. The number of nitrogens with zero attached hydrogens (tertiary/aromatic N) is 1. The highest BCUT2D eigenvalue weighted by molar-refractivity contribution is 7.56. The molecule has 2 aromatic carbocycles. The van der Waals surface area contributed by atoms with Gasteiger partial charge in [0.15, 0.2) is 0 Å². The maximum Gasteiger partial charge on any atom is 0.390 e. The van der Waals surface area contributed by atoms with Crippen LogP contribution in [0.3, 0.4) is 0 Å². The van der Waals surface area contributed by atoms with Crippen LogP contribution in [0.4, 0.5) is 0 Å². The summed E-state index contributed by atoms with van der Waals surface area (Å²) in [5.41, 5.74) is 0.509. The largest absolute Gasteiger partial charge is 0.501 e. The van der Waals surface area contributed by atoms with Gasteiger partial charge in [-0.3, -0.25) is 13.9 Å². The summed E-state index contributed by atoms with van der Waals surface area (Å²) in [5.74, 6) is 0.147. The number of aliphatic hydroxyl groups is 1. The lowest BCUT2D eigenvalue weighted by Crippen LogP contribution is -2.13. The third-order valence-electron chi connectivity index (χ3n) is 4.33. The third-order valence-corrected chi connectivity index (χ3v) is 5.30. The Morgan fingerprint density at radius 3 is 2.39 bits per heavy atom. The van der Waals surface area contributed by atoms with Crippen LogP contribution < -0.4 is 4.74 Å². The van der Waals surface area contributed by atoms with Crippen molar-refractivity contribution in [2.24, 2.45) is 0 Å². The average molecular weight is 422 g/mol. The van der Waals surface area contributed by atoms with Crippen LogP contribution in [0, 0.1) is 6.92 Å². The van der Waals surface area contributed by atoms with Gasteiger partial charge in [-0.25, -0.2) is 0 Å². The lowest BCUT2D eigenvalue weighted by Gasteiger charge is -2.08. The van der Waals surface area contributed by atoms with Crippen LogP contribution in [0.15, 0.2) is 48.0 Å². The van der Waals surface area contributed by atoms with Gasteiger partial charge in [-0.05, 0) is 55.5 Å². The molecule has 3 rings (SSSR count). The van der Waals surface area contributed by atoms with Crippen molar-refractivity contribution in [3.05, 3.63) is 69.8 Å². The molecule has 0 bridgehead atoms. The number of carbonyl (C=O) groups is 1. The summed E-state index contributed by atoms with van der Waals surface area (Å²) in [6.45, 7) is 1.62. The van der Waals surface area contributed by atoms with E-state index in [4.69, 9.17) is 16.3 Å². The van der Waals surface area contributed by atoms with E-state index in [1.165, 1.54) is 11.7 Å². The molecular formula is C19H17ClNO6P. The smallest absolute Gasteiger partial charge is 0.390 e. The van der Waals surface area contributed by atoms with E-state index in [1.54, 1.807) is 49.4 Å². The molecule has 28 heavy (non-hydrogen) atoms. The minimum absolute atomic E-state index is 0.303. The number of halogens is 1. The fraction of sp³-hybridized carbons (Fsp3) is 0.105. The molecule has 0 spiro atoms. The monoisotopic (exact) mass is 421 g/mol. The van der Waals surface area contributed by atoms with E-state index < -0.39 is 13.1 Å². The van der Waals surface area contributed by atoms with E-state index in [2.05, 4.69) is 0 Å². The second-order valence-corrected chi connectivity index (χ2v) is 8.06. The zero-order chi connectivity index (χ0) is 20.6. The highest BCUT2D eigenvalue weighted by Crippen LogP contribution is 2.45. The summed E-state index contributed by atoms with van der Waals surface area (Å²) in [4.78, 5) is 31.5. The molecule has 0 radical (unpaired) electrons. The van der Waals surface area contributed by atoms with Crippen molar-refractivity contribution in [2.45, 2.75) is 6.92 Å². The van der Waals surface area contributed by atoms with Gasteiger partial charge in [0.25, 0.3) is 5.91 Å². The fourth-order valence-electron chi connectivity index (χ4n) is 2.93. The van der Waals surface area contributed by atoms with E-state index in [0.717, 1.165) is 6.08 Å². The van der Waals surface area contributed by atoms with E-state index in [-0.39, 0.29) is 5.91 Å². The molecule has 7 nitrogen and oxygen atoms in total. The number of aliphatic hydroxyl groups excluding tert-OH is 1. The SMILES string of the molecule is COc1ccc2c(c1)c(/C=C(\O)P(=O)(O)O)c(C)n2C(=O)c1ccc(Cl)cc1. The van der Waals surface area contributed by atoms with Gasteiger partial charge in [0, 0.05) is 27.2 Å². The Kier molecular flexibility index (Phi) is 5.37. The second-order valence-electron chi connectivity index (χ2n) is 6.08. The minimum atomic E-state index is -4.84. The maximum atomic E-state index is 13.1. The number of hydrogen-bond acceptors (Lipinski definition) is 4. The van der Waals surface area contributed by atoms with Crippen molar-refractivity contribution < 1.29 is 29.0 Å². The maximum absolute atomic E-state index is 13.1. The molecule has 0 aliphatic carbocycles. The number of methoxy groups -OCH3 is 1. The van der Waals surface area contributed by atoms with E-state index in [9.17, 15) is 24.3 Å². The number of rotatable bonds is 4. The summed E-state index contributed by atoms with van der Waals surface area (Å²) in [6.07, 6.45) is 0.976. The zero-order valence-corrected chi connectivity index (χ0v) is 16.6. The van der Waals surface area contributed by atoms with Crippen LogP contribution >= 0.6 is 19.2 Å². The Balaban J connectivity index is 2.29. The van der Waals surface area contributed by atoms with Gasteiger partial charge < -0.3 is 19.6 Å². The van der Waals surface area contributed by atoms with Crippen molar-refractivity contribution in [3.63, 3.8) is 0 Å². The van der Waals surface area contributed by atoms with Crippen LogP contribution in [0.2, 0.25) is 5.02 Å². The van der Waals surface area contributed by atoms with Gasteiger partial charge in [-0.1, -0.05) is 11.6 Å². The van der Waals surface area contributed by atoms with Crippen molar-refractivity contribution >= 4 is 42.1 Å². The molecule has 0 amide bonds. The zero-order valence-electron chi connectivity index (χ0n) is 15.0. The molecule has 9 heteroatoms. The Bertz CT molecular complexity index is 1140. The van der Waals surface area contributed by atoms with Gasteiger partial charge >= 0.3 is 7.60 Å². The van der Waals surface area contributed by atoms with Crippen molar-refractivity contribution in [1.29, 1.82) is 0 Å². The second kappa shape index (κ2) is 7.45. The first-order valence-electron chi connectivity index (χ1n) is 8.09. The minimum Gasteiger partial charge on any atom is -0.501 e. The average Bonchev–Trinajstić information content (AvgIpc) is 2.92. The predicted molar refractivity (Wildman–Crippen MR) is 107 cm³/mol. The van der Waals surface area contributed by atoms with Crippen molar-refractivity contribution in [1.82, 2.24) is 4.57 Å². The van der Waals surface area contributed by atoms with E-state index >= 15 is 0 Å². The molecule has 1 heterocycles. The fourth-order valence-corrected chi connectivity index (χ4v) is 3.35. The molecule has 0 saturated heterocycles. The molecule has 0 saturated carbocycles. The summed E-state index contributed by atoms with van der Waals surface area (Å²) in [6, 6.07) is 11.3. The van der Waals surface area contributed by atoms with Crippen LogP contribution in [0.5, 0.6) is 5.75 Å². The van der Waals surface area contributed by atoms with Crippen LogP contribution in [-0.2, 0) is 4.57 Å². The van der Waals surface area contributed by atoms with E-state index in [1.807, 2.05) is 0 Å². The Hall–Kier alpha value is -2.57. The predicted octanol–water partition coefficient (Wildman–Crippen LogP) is 4.33. The van der Waals surface area contributed by atoms with Gasteiger partial charge in [0.05, 0.1) is 12.6 Å². The molecule has 0 aliphatic heterocycles. The topological polar surface area (TPSA) is 109 Å². The summed E-state index contributed by atoms with van der Waals surface area (Å²) < 4.78 is 18.0. The molecule has 0 atom stereocenters. The number of hydrogen-bond donors (Lipinski definition) is 3. The number of benzene rings is 2. The van der Waals surface area contributed by atoms with Gasteiger partial charge in [0.1, 0.15) is 5.75 Å². The molecule has 3 aromatic rings. The molecular weight excluding hydrogens is 405 g/mol. The Morgan fingerprint density at radius 2 is 1.82 bits per heavy atom. The molecule has 146 valence electrons. The third kappa shape index (κ3) is 3.70. The quantitative estimate of drug-likeness (QED) is 0.427. The number of fused-ring (bicyclic) bond motifs is 1. The lowest BCUT2D eigenvalue weighted by molar-refractivity contribution is 0.0963. The molecule has 0 aliphatic rings. The first-order chi connectivity index (χ1) is 13.1. The molecule has 0 fully saturated rings. The summed E-state index contributed by atoms with van der Waals surface area (Å²) in [7, 11) is -3.36. The first-order valence-corrected chi connectivity index (χ1v) is 10.1.